The normalized spacial score (nSPS) is 25.5. The van der Waals surface area contributed by atoms with Gasteiger partial charge >= 0.3 is 7.12 Å². The van der Waals surface area contributed by atoms with Gasteiger partial charge in [0.2, 0.25) is 0 Å². The Morgan fingerprint density at radius 2 is 1.76 bits per heavy atom. The molecule has 3 rings (SSSR count). The van der Waals surface area contributed by atoms with Crippen molar-refractivity contribution in [3.8, 4) is 0 Å². The van der Waals surface area contributed by atoms with Gasteiger partial charge in [0.05, 0.1) is 22.9 Å². The average molecular weight is 291 g/mol. The van der Waals surface area contributed by atoms with Crippen LogP contribution in [0.25, 0.3) is 0 Å². The SMILES string of the molecule is Cc1nn(C2CCNCC2)cc1B1OC(C)(C)C(C)(C)O1. The lowest BCUT2D eigenvalue weighted by Gasteiger charge is -2.32. The van der Waals surface area contributed by atoms with Crippen molar-refractivity contribution in [2.24, 2.45) is 0 Å². The van der Waals surface area contributed by atoms with E-state index in [1.54, 1.807) is 0 Å². The van der Waals surface area contributed by atoms with Crippen molar-refractivity contribution in [3.63, 3.8) is 0 Å². The molecule has 3 heterocycles. The number of nitrogens with one attached hydrogen (secondary N) is 1. The first-order chi connectivity index (χ1) is 9.80. The summed E-state index contributed by atoms with van der Waals surface area (Å²) in [4.78, 5) is 0. The fraction of sp³-hybridized carbons (Fsp3) is 0.800. The monoisotopic (exact) mass is 291 g/mol. The molecule has 2 saturated heterocycles. The number of hydrogen-bond acceptors (Lipinski definition) is 4. The molecule has 116 valence electrons. The van der Waals surface area contributed by atoms with E-state index in [0.29, 0.717) is 6.04 Å². The van der Waals surface area contributed by atoms with E-state index in [1.807, 2.05) is 6.92 Å². The molecular formula is C15H26BN3O2. The van der Waals surface area contributed by atoms with Crippen LogP contribution in [0.1, 0.15) is 52.3 Å². The first-order valence-electron chi connectivity index (χ1n) is 7.92. The Balaban J connectivity index is 1.82. The molecule has 1 N–H and O–H groups in total. The standard InChI is InChI=1S/C15H26BN3O2/c1-11-13(16-20-14(2,3)15(4,5)21-16)10-19(18-11)12-6-8-17-9-7-12/h10,12,17H,6-9H2,1-5H3. The fourth-order valence-corrected chi connectivity index (χ4v) is 2.96. The van der Waals surface area contributed by atoms with Crippen molar-refractivity contribution in [2.75, 3.05) is 13.1 Å². The van der Waals surface area contributed by atoms with Crippen LogP contribution in [-0.4, -0.2) is 41.2 Å². The van der Waals surface area contributed by atoms with Crippen molar-refractivity contribution in [1.82, 2.24) is 15.1 Å². The zero-order chi connectivity index (χ0) is 15.3. The second kappa shape index (κ2) is 5.11. The Labute approximate surface area is 127 Å². The highest BCUT2D eigenvalue weighted by Gasteiger charge is 2.52. The van der Waals surface area contributed by atoms with E-state index in [0.717, 1.165) is 37.1 Å². The van der Waals surface area contributed by atoms with E-state index in [-0.39, 0.29) is 18.3 Å². The van der Waals surface area contributed by atoms with Gasteiger partial charge in [0.15, 0.2) is 0 Å². The third-order valence-electron chi connectivity index (χ3n) is 5.14. The molecule has 0 spiro atoms. The van der Waals surface area contributed by atoms with Gasteiger partial charge in [-0.05, 0) is 60.5 Å². The van der Waals surface area contributed by atoms with Gasteiger partial charge in [-0.25, -0.2) is 0 Å². The molecule has 1 aromatic heterocycles. The fourth-order valence-electron chi connectivity index (χ4n) is 2.96. The highest BCUT2D eigenvalue weighted by Crippen LogP contribution is 2.36. The van der Waals surface area contributed by atoms with Gasteiger partial charge in [0.25, 0.3) is 0 Å². The van der Waals surface area contributed by atoms with Gasteiger partial charge in [0, 0.05) is 11.7 Å². The largest absolute Gasteiger partial charge is 0.498 e. The number of aryl methyl sites for hydroxylation is 1. The third-order valence-corrected chi connectivity index (χ3v) is 5.14. The van der Waals surface area contributed by atoms with E-state index in [9.17, 15) is 0 Å². The summed E-state index contributed by atoms with van der Waals surface area (Å²) in [6, 6.07) is 0.487. The van der Waals surface area contributed by atoms with Crippen molar-refractivity contribution in [3.05, 3.63) is 11.9 Å². The van der Waals surface area contributed by atoms with Gasteiger partial charge in [-0.2, -0.15) is 5.10 Å². The second-order valence-electron chi connectivity index (χ2n) is 7.22. The molecule has 0 bridgehead atoms. The molecular weight excluding hydrogens is 265 g/mol. The molecule has 0 aliphatic carbocycles. The van der Waals surface area contributed by atoms with E-state index in [2.05, 4.69) is 43.9 Å². The smallest absolute Gasteiger partial charge is 0.399 e. The van der Waals surface area contributed by atoms with Gasteiger partial charge < -0.3 is 14.6 Å². The van der Waals surface area contributed by atoms with E-state index in [4.69, 9.17) is 14.4 Å². The molecule has 0 saturated carbocycles. The molecule has 0 radical (unpaired) electrons. The summed E-state index contributed by atoms with van der Waals surface area (Å²) in [6.07, 6.45) is 4.38. The predicted octanol–water partition coefficient (Wildman–Crippen LogP) is 1.42. The molecule has 1 aromatic rings. The Kier molecular flexibility index (Phi) is 3.67. The van der Waals surface area contributed by atoms with Crippen LogP contribution < -0.4 is 10.8 Å². The predicted molar refractivity (Wildman–Crippen MR) is 83.8 cm³/mol. The van der Waals surface area contributed by atoms with Crippen LogP contribution in [0, 0.1) is 6.92 Å². The quantitative estimate of drug-likeness (QED) is 0.837. The molecule has 0 amide bonds. The minimum atomic E-state index is -0.314. The summed E-state index contributed by atoms with van der Waals surface area (Å²) in [6.45, 7) is 12.5. The lowest BCUT2D eigenvalue weighted by atomic mass is 9.79. The molecule has 5 nitrogen and oxygen atoms in total. The molecule has 0 unspecified atom stereocenters. The maximum Gasteiger partial charge on any atom is 0.498 e. The summed E-state index contributed by atoms with van der Waals surface area (Å²) in [7, 11) is -0.314. The van der Waals surface area contributed by atoms with Crippen LogP contribution in [0.5, 0.6) is 0 Å². The zero-order valence-corrected chi connectivity index (χ0v) is 13.8. The summed E-state index contributed by atoms with van der Waals surface area (Å²) in [5.41, 5.74) is 1.46. The molecule has 2 aliphatic heterocycles. The number of piperidine rings is 1. The van der Waals surface area contributed by atoms with Crippen molar-refractivity contribution < 1.29 is 9.31 Å². The number of aromatic nitrogens is 2. The summed E-state index contributed by atoms with van der Waals surface area (Å²) >= 11 is 0. The Hall–Kier alpha value is -0.845. The van der Waals surface area contributed by atoms with Crippen molar-refractivity contribution in [2.45, 2.75) is 64.7 Å². The molecule has 0 aromatic carbocycles. The van der Waals surface area contributed by atoms with Gasteiger partial charge in [-0.1, -0.05) is 0 Å². The van der Waals surface area contributed by atoms with Gasteiger partial charge in [0.1, 0.15) is 0 Å². The molecule has 6 heteroatoms. The van der Waals surface area contributed by atoms with E-state index >= 15 is 0 Å². The third kappa shape index (κ3) is 2.65. The van der Waals surface area contributed by atoms with Gasteiger partial charge in [-0.15, -0.1) is 0 Å². The van der Waals surface area contributed by atoms with Crippen LogP contribution in [0.4, 0.5) is 0 Å². The Bertz CT molecular complexity index is 505. The van der Waals surface area contributed by atoms with E-state index < -0.39 is 0 Å². The maximum atomic E-state index is 6.14. The molecule has 21 heavy (non-hydrogen) atoms. The Morgan fingerprint density at radius 1 is 1.19 bits per heavy atom. The Morgan fingerprint density at radius 3 is 2.33 bits per heavy atom. The lowest BCUT2D eigenvalue weighted by molar-refractivity contribution is 0.00578. The van der Waals surface area contributed by atoms with Crippen LogP contribution >= 0.6 is 0 Å². The number of hydrogen-bond donors (Lipinski definition) is 1. The summed E-state index contributed by atoms with van der Waals surface area (Å²) in [5, 5.41) is 8.10. The van der Waals surface area contributed by atoms with Crippen LogP contribution in [0.2, 0.25) is 0 Å². The van der Waals surface area contributed by atoms with Crippen molar-refractivity contribution >= 4 is 12.6 Å². The van der Waals surface area contributed by atoms with Gasteiger partial charge in [-0.3, -0.25) is 4.68 Å². The second-order valence-corrected chi connectivity index (χ2v) is 7.22. The minimum absolute atomic E-state index is 0.305. The van der Waals surface area contributed by atoms with Crippen LogP contribution in [-0.2, 0) is 9.31 Å². The molecule has 2 fully saturated rings. The topological polar surface area (TPSA) is 48.3 Å². The highest BCUT2D eigenvalue weighted by atomic mass is 16.7. The maximum absolute atomic E-state index is 6.14. The summed E-state index contributed by atoms with van der Waals surface area (Å²) in [5.74, 6) is 0. The zero-order valence-electron chi connectivity index (χ0n) is 13.8. The lowest BCUT2D eigenvalue weighted by Crippen LogP contribution is -2.41. The minimum Gasteiger partial charge on any atom is -0.399 e. The summed E-state index contributed by atoms with van der Waals surface area (Å²) < 4.78 is 14.4. The van der Waals surface area contributed by atoms with Crippen molar-refractivity contribution in [1.29, 1.82) is 0 Å². The molecule has 2 aliphatic rings. The average Bonchev–Trinajstić information content (AvgIpc) is 2.89. The van der Waals surface area contributed by atoms with E-state index in [1.165, 1.54) is 0 Å². The first-order valence-corrected chi connectivity index (χ1v) is 7.92. The molecule has 0 atom stereocenters. The first kappa shape index (κ1) is 15.1. The van der Waals surface area contributed by atoms with Crippen LogP contribution in [0.15, 0.2) is 6.20 Å². The highest BCUT2D eigenvalue weighted by molar-refractivity contribution is 6.62. The number of rotatable bonds is 2. The number of nitrogens with zero attached hydrogens (tertiary/aromatic N) is 2. The van der Waals surface area contributed by atoms with Crippen LogP contribution in [0.3, 0.4) is 0 Å².